The zero-order valence-electron chi connectivity index (χ0n) is 9.18. The number of hydrogen-bond acceptors (Lipinski definition) is 1. The van der Waals surface area contributed by atoms with Gasteiger partial charge in [-0.25, -0.2) is 8.78 Å². The van der Waals surface area contributed by atoms with Crippen LogP contribution in [0.1, 0.15) is 5.56 Å². The minimum Gasteiger partial charge on any atom is -0.380 e. The predicted molar refractivity (Wildman–Crippen MR) is 72.8 cm³/mol. The molecular weight excluding hydrogens is 324 g/mol. The van der Waals surface area contributed by atoms with Crippen LogP contribution in [0.5, 0.6) is 0 Å². The van der Waals surface area contributed by atoms with E-state index in [0.29, 0.717) is 17.1 Å². The van der Waals surface area contributed by atoms with E-state index >= 15 is 0 Å². The van der Waals surface area contributed by atoms with Crippen LogP contribution in [0.3, 0.4) is 0 Å². The van der Waals surface area contributed by atoms with E-state index in [1.165, 1.54) is 6.07 Å². The Bertz CT molecular complexity index is 575. The van der Waals surface area contributed by atoms with Crippen molar-refractivity contribution in [3.8, 4) is 0 Å². The largest absolute Gasteiger partial charge is 0.380 e. The lowest BCUT2D eigenvalue weighted by molar-refractivity contribution is 0.507. The van der Waals surface area contributed by atoms with Gasteiger partial charge in [-0.3, -0.25) is 0 Å². The van der Waals surface area contributed by atoms with Gasteiger partial charge in [-0.15, -0.1) is 0 Å². The molecule has 2 aromatic carbocycles. The maximum Gasteiger partial charge on any atom is 0.159 e. The third kappa shape index (κ3) is 3.21. The molecule has 5 heteroatoms. The molecule has 0 radical (unpaired) electrons. The molecule has 0 bridgehead atoms. The minimum absolute atomic E-state index is 0.368. The average Bonchev–Trinajstić information content (AvgIpc) is 2.34. The maximum absolute atomic E-state index is 13.0. The van der Waals surface area contributed by atoms with Crippen LogP contribution in [-0.4, -0.2) is 0 Å². The molecule has 0 saturated heterocycles. The van der Waals surface area contributed by atoms with E-state index in [2.05, 4.69) is 21.2 Å². The number of nitrogens with one attached hydrogen (secondary N) is 1. The summed E-state index contributed by atoms with van der Waals surface area (Å²) >= 11 is 9.34. The van der Waals surface area contributed by atoms with E-state index in [0.717, 1.165) is 22.3 Å². The van der Waals surface area contributed by atoms with E-state index in [1.807, 2.05) is 12.1 Å². The van der Waals surface area contributed by atoms with Gasteiger partial charge >= 0.3 is 0 Å². The summed E-state index contributed by atoms with van der Waals surface area (Å²) in [6, 6.07) is 9.19. The third-order valence-corrected chi connectivity index (χ3v) is 3.22. The first kappa shape index (κ1) is 13.3. The Morgan fingerprint density at radius 3 is 2.56 bits per heavy atom. The molecule has 2 aromatic rings. The zero-order chi connectivity index (χ0) is 13.1. The Balaban J connectivity index is 2.11. The molecule has 0 fully saturated rings. The minimum atomic E-state index is -0.852. The lowest BCUT2D eigenvalue weighted by atomic mass is 10.2. The number of benzene rings is 2. The summed E-state index contributed by atoms with van der Waals surface area (Å²) in [7, 11) is 0. The first-order chi connectivity index (χ1) is 8.56. The van der Waals surface area contributed by atoms with E-state index in [-0.39, 0.29) is 0 Å². The fraction of sp³-hybridized carbons (Fsp3) is 0.0769. The standard InChI is InChI=1S/C13H9BrClF2N/c14-9-2-3-10(15)13(6-9)18-7-8-1-4-11(16)12(17)5-8/h1-6,18H,7H2. The van der Waals surface area contributed by atoms with Crippen molar-refractivity contribution in [2.45, 2.75) is 6.54 Å². The van der Waals surface area contributed by atoms with Crippen molar-refractivity contribution in [2.75, 3.05) is 5.32 Å². The van der Waals surface area contributed by atoms with Crippen LogP contribution >= 0.6 is 27.5 Å². The van der Waals surface area contributed by atoms with Gasteiger partial charge in [0.05, 0.1) is 10.7 Å². The second-order valence-electron chi connectivity index (χ2n) is 3.73. The van der Waals surface area contributed by atoms with Gasteiger partial charge in [-0.1, -0.05) is 33.6 Å². The molecule has 0 amide bonds. The highest BCUT2D eigenvalue weighted by Crippen LogP contribution is 2.26. The Labute approximate surface area is 117 Å². The molecule has 0 aliphatic rings. The molecule has 94 valence electrons. The Morgan fingerprint density at radius 1 is 1.06 bits per heavy atom. The Morgan fingerprint density at radius 2 is 1.83 bits per heavy atom. The van der Waals surface area contributed by atoms with Crippen molar-refractivity contribution >= 4 is 33.2 Å². The molecule has 0 aromatic heterocycles. The first-order valence-electron chi connectivity index (χ1n) is 5.19. The molecule has 0 heterocycles. The van der Waals surface area contributed by atoms with Gasteiger partial charge in [0.15, 0.2) is 11.6 Å². The lowest BCUT2D eigenvalue weighted by Gasteiger charge is -2.09. The Kier molecular flexibility index (Phi) is 4.19. The van der Waals surface area contributed by atoms with Crippen LogP contribution < -0.4 is 5.32 Å². The normalized spacial score (nSPS) is 10.4. The monoisotopic (exact) mass is 331 g/mol. The lowest BCUT2D eigenvalue weighted by Crippen LogP contribution is -2.01. The second kappa shape index (κ2) is 5.67. The van der Waals surface area contributed by atoms with E-state index in [9.17, 15) is 8.78 Å². The van der Waals surface area contributed by atoms with Gasteiger partial charge in [0.1, 0.15) is 0 Å². The molecule has 1 nitrogen and oxygen atoms in total. The van der Waals surface area contributed by atoms with Gasteiger partial charge in [0.2, 0.25) is 0 Å². The molecule has 0 unspecified atom stereocenters. The quantitative estimate of drug-likeness (QED) is 0.834. The van der Waals surface area contributed by atoms with Gasteiger partial charge in [-0.05, 0) is 35.9 Å². The predicted octanol–water partition coefficient (Wildman–Crippen LogP) is 4.99. The molecule has 18 heavy (non-hydrogen) atoms. The Hall–Kier alpha value is -1.13. The smallest absolute Gasteiger partial charge is 0.159 e. The topological polar surface area (TPSA) is 12.0 Å². The summed E-state index contributed by atoms with van der Waals surface area (Å²) in [4.78, 5) is 0. The van der Waals surface area contributed by atoms with Crippen LogP contribution in [0.4, 0.5) is 14.5 Å². The molecule has 0 aliphatic heterocycles. The molecule has 2 rings (SSSR count). The van der Waals surface area contributed by atoms with Crippen molar-refractivity contribution in [3.05, 3.63) is 63.1 Å². The molecular formula is C13H9BrClF2N. The van der Waals surface area contributed by atoms with Gasteiger partial charge in [0.25, 0.3) is 0 Å². The molecule has 0 spiro atoms. The summed E-state index contributed by atoms with van der Waals surface area (Å²) in [6.45, 7) is 0.368. The number of rotatable bonds is 3. The highest BCUT2D eigenvalue weighted by atomic mass is 79.9. The molecule has 1 N–H and O–H groups in total. The highest BCUT2D eigenvalue weighted by molar-refractivity contribution is 9.10. The summed E-state index contributed by atoms with van der Waals surface area (Å²) in [5.41, 5.74) is 1.38. The zero-order valence-corrected chi connectivity index (χ0v) is 11.5. The number of halogens is 4. The molecule has 0 atom stereocenters. The van der Waals surface area contributed by atoms with Crippen LogP contribution in [0.15, 0.2) is 40.9 Å². The van der Waals surface area contributed by atoms with Crippen LogP contribution in [0.25, 0.3) is 0 Å². The van der Waals surface area contributed by atoms with E-state index < -0.39 is 11.6 Å². The maximum atomic E-state index is 13.0. The molecule has 0 saturated carbocycles. The third-order valence-electron chi connectivity index (χ3n) is 2.40. The summed E-state index contributed by atoms with van der Waals surface area (Å²) in [6.07, 6.45) is 0. The molecule has 0 aliphatic carbocycles. The van der Waals surface area contributed by atoms with Crippen molar-refractivity contribution < 1.29 is 8.78 Å². The fourth-order valence-electron chi connectivity index (χ4n) is 1.48. The van der Waals surface area contributed by atoms with E-state index in [1.54, 1.807) is 6.07 Å². The van der Waals surface area contributed by atoms with E-state index in [4.69, 9.17) is 11.6 Å². The van der Waals surface area contributed by atoms with Crippen molar-refractivity contribution in [1.82, 2.24) is 0 Å². The fourth-order valence-corrected chi connectivity index (χ4v) is 2.03. The van der Waals surface area contributed by atoms with Gasteiger partial charge in [0, 0.05) is 11.0 Å². The SMILES string of the molecule is Fc1ccc(CNc2cc(Br)ccc2Cl)cc1F. The van der Waals surface area contributed by atoms with Crippen LogP contribution in [0, 0.1) is 11.6 Å². The van der Waals surface area contributed by atoms with Gasteiger partial charge in [-0.2, -0.15) is 0 Å². The summed E-state index contributed by atoms with van der Waals surface area (Å²) in [5.74, 6) is -1.70. The summed E-state index contributed by atoms with van der Waals surface area (Å²) < 4.78 is 26.7. The van der Waals surface area contributed by atoms with Gasteiger partial charge < -0.3 is 5.32 Å². The number of hydrogen-bond donors (Lipinski definition) is 1. The van der Waals surface area contributed by atoms with Crippen molar-refractivity contribution in [2.24, 2.45) is 0 Å². The number of anilines is 1. The highest BCUT2D eigenvalue weighted by Gasteiger charge is 2.04. The summed E-state index contributed by atoms with van der Waals surface area (Å²) in [5, 5.41) is 3.64. The average molecular weight is 333 g/mol. The van der Waals surface area contributed by atoms with Crippen molar-refractivity contribution in [1.29, 1.82) is 0 Å². The van der Waals surface area contributed by atoms with Crippen molar-refractivity contribution in [3.63, 3.8) is 0 Å². The first-order valence-corrected chi connectivity index (χ1v) is 6.36. The van der Waals surface area contributed by atoms with Crippen LogP contribution in [-0.2, 0) is 6.54 Å². The van der Waals surface area contributed by atoms with Crippen LogP contribution in [0.2, 0.25) is 5.02 Å². The second-order valence-corrected chi connectivity index (χ2v) is 5.05.